The fourth-order valence-electron chi connectivity index (χ4n) is 5.63. The van der Waals surface area contributed by atoms with E-state index < -0.39 is 0 Å². The summed E-state index contributed by atoms with van der Waals surface area (Å²) in [7, 11) is 1.68. The molecule has 2 saturated carbocycles. The van der Waals surface area contributed by atoms with Crippen LogP contribution in [-0.4, -0.2) is 42.5 Å². The van der Waals surface area contributed by atoms with Crippen molar-refractivity contribution >= 4 is 11.8 Å². The Morgan fingerprint density at radius 2 is 1.82 bits per heavy atom. The number of fused-ring (bicyclic) bond motifs is 1. The lowest BCUT2D eigenvalue weighted by molar-refractivity contribution is -0.131. The van der Waals surface area contributed by atoms with Gasteiger partial charge in [0.15, 0.2) is 0 Å². The average molecular weight is 385 g/mol. The van der Waals surface area contributed by atoms with Crippen molar-refractivity contribution in [2.75, 3.05) is 13.7 Å². The molecule has 2 aliphatic carbocycles. The molecule has 3 aliphatic rings. The van der Waals surface area contributed by atoms with Gasteiger partial charge in [0.2, 0.25) is 11.8 Å². The minimum atomic E-state index is -0.214. The van der Waals surface area contributed by atoms with Crippen LogP contribution in [0.4, 0.5) is 0 Å². The van der Waals surface area contributed by atoms with Gasteiger partial charge in [0.25, 0.3) is 0 Å². The summed E-state index contributed by atoms with van der Waals surface area (Å²) in [5.41, 5.74) is 1.29. The number of ether oxygens (including phenoxy) is 1. The van der Waals surface area contributed by atoms with Crippen molar-refractivity contribution in [3.8, 4) is 5.75 Å². The highest BCUT2D eigenvalue weighted by Gasteiger charge is 2.52. The minimum absolute atomic E-state index is 0.0593. The molecule has 0 bridgehead atoms. The van der Waals surface area contributed by atoms with Crippen LogP contribution in [0.2, 0.25) is 0 Å². The van der Waals surface area contributed by atoms with E-state index in [1.807, 2.05) is 30.9 Å². The lowest BCUT2D eigenvalue weighted by atomic mass is 9.53. The van der Waals surface area contributed by atoms with Gasteiger partial charge in [-0.1, -0.05) is 25.0 Å². The lowest BCUT2D eigenvalue weighted by Gasteiger charge is -2.55. The molecule has 1 aliphatic heterocycles. The molecule has 152 valence electrons. The van der Waals surface area contributed by atoms with E-state index in [1.54, 1.807) is 7.11 Å². The SMILES string of the molecule is COc1ccc([C@H]2[C@@H]3CCCC[C@@H]3[C@@H]2NC(=O)[C@H]2CC(=O)N(C(C)C)C2)cc1. The number of nitrogens with one attached hydrogen (secondary N) is 1. The third kappa shape index (κ3) is 3.40. The molecular formula is C23H32N2O3. The molecule has 2 amide bonds. The molecule has 5 nitrogen and oxygen atoms in total. The molecule has 0 radical (unpaired) electrons. The molecule has 4 rings (SSSR count). The second kappa shape index (κ2) is 7.76. The van der Waals surface area contributed by atoms with Crippen LogP contribution in [0.1, 0.15) is 57.4 Å². The highest BCUT2D eigenvalue weighted by atomic mass is 16.5. The van der Waals surface area contributed by atoms with Gasteiger partial charge in [-0.15, -0.1) is 0 Å². The zero-order valence-corrected chi connectivity index (χ0v) is 17.2. The number of nitrogens with zero attached hydrogens (tertiary/aromatic N) is 1. The normalized spacial score (nSPS) is 32.1. The Labute approximate surface area is 167 Å². The van der Waals surface area contributed by atoms with Crippen molar-refractivity contribution in [1.29, 1.82) is 0 Å². The van der Waals surface area contributed by atoms with Crippen LogP contribution in [0.25, 0.3) is 0 Å². The van der Waals surface area contributed by atoms with E-state index >= 15 is 0 Å². The van der Waals surface area contributed by atoms with Crippen LogP contribution in [0.5, 0.6) is 5.75 Å². The number of benzene rings is 1. The van der Waals surface area contributed by atoms with Crippen molar-refractivity contribution in [1.82, 2.24) is 10.2 Å². The number of carbonyl (C=O) groups is 2. The third-order valence-corrected chi connectivity index (χ3v) is 7.15. The molecule has 0 spiro atoms. The van der Waals surface area contributed by atoms with Gasteiger partial charge in [0, 0.05) is 31.0 Å². The molecule has 5 atom stereocenters. The molecule has 1 aromatic carbocycles. The lowest BCUT2D eigenvalue weighted by Crippen LogP contribution is -2.60. The number of methoxy groups -OCH3 is 1. The highest BCUT2D eigenvalue weighted by molar-refractivity contribution is 5.89. The second-order valence-corrected chi connectivity index (χ2v) is 8.99. The third-order valence-electron chi connectivity index (χ3n) is 7.15. The average Bonchev–Trinajstić information content (AvgIpc) is 3.09. The standard InChI is InChI=1S/C23H32N2O3/c1-14(2)25-13-16(12-20(25)26)23(27)24-22-19-7-5-4-6-18(19)21(22)15-8-10-17(28-3)11-9-15/h8-11,14,16,18-19,21-22H,4-7,12-13H2,1-3H3,(H,24,27)/t16-,18+,19-,21-,22-/m0/s1. The van der Waals surface area contributed by atoms with E-state index in [0.717, 1.165) is 5.75 Å². The molecule has 1 saturated heterocycles. The van der Waals surface area contributed by atoms with E-state index in [-0.39, 0.29) is 29.8 Å². The Morgan fingerprint density at radius 1 is 1.14 bits per heavy atom. The predicted molar refractivity (Wildman–Crippen MR) is 108 cm³/mol. The van der Waals surface area contributed by atoms with Crippen LogP contribution in [0.3, 0.4) is 0 Å². The Bertz CT molecular complexity index is 730. The van der Waals surface area contributed by atoms with E-state index in [2.05, 4.69) is 17.4 Å². The van der Waals surface area contributed by atoms with Gasteiger partial charge in [-0.3, -0.25) is 9.59 Å². The quantitative estimate of drug-likeness (QED) is 0.847. The molecule has 0 unspecified atom stereocenters. The fourth-order valence-corrected chi connectivity index (χ4v) is 5.63. The second-order valence-electron chi connectivity index (χ2n) is 8.99. The smallest absolute Gasteiger partial charge is 0.225 e. The van der Waals surface area contributed by atoms with Gasteiger partial charge in [-0.25, -0.2) is 0 Å². The number of hydrogen-bond donors (Lipinski definition) is 1. The summed E-state index contributed by atoms with van der Waals surface area (Å²) in [6.07, 6.45) is 5.33. The molecule has 28 heavy (non-hydrogen) atoms. The van der Waals surface area contributed by atoms with Crippen LogP contribution < -0.4 is 10.1 Å². The maximum atomic E-state index is 13.0. The summed E-state index contributed by atoms with van der Waals surface area (Å²) >= 11 is 0. The van der Waals surface area contributed by atoms with Gasteiger partial charge < -0.3 is 15.0 Å². The van der Waals surface area contributed by atoms with Gasteiger partial charge >= 0.3 is 0 Å². The summed E-state index contributed by atoms with van der Waals surface area (Å²) in [6.45, 7) is 4.57. The first-order valence-electron chi connectivity index (χ1n) is 10.7. The van der Waals surface area contributed by atoms with E-state index in [0.29, 0.717) is 30.7 Å². The van der Waals surface area contributed by atoms with Gasteiger partial charge in [0.1, 0.15) is 5.75 Å². The number of amides is 2. The van der Waals surface area contributed by atoms with Crippen LogP contribution in [0.15, 0.2) is 24.3 Å². The molecular weight excluding hydrogens is 352 g/mol. The molecule has 5 heteroatoms. The topological polar surface area (TPSA) is 58.6 Å². The Kier molecular flexibility index (Phi) is 5.35. The number of rotatable bonds is 5. The fraction of sp³-hybridized carbons (Fsp3) is 0.652. The number of likely N-dealkylation sites (tertiary alicyclic amines) is 1. The van der Waals surface area contributed by atoms with Gasteiger partial charge in [-0.05, 0) is 56.2 Å². The van der Waals surface area contributed by atoms with E-state index in [4.69, 9.17) is 4.74 Å². The summed E-state index contributed by atoms with van der Waals surface area (Å²) < 4.78 is 5.30. The van der Waals surface area contributed by atoms with Crippen molar-refractivity contribution in [3.63, 3.8) is 0 Å². The Hall–Kier alpha value is -2.04. The largest absolute Gasteiger partial charge is 0.497 e. The van der Waals surface area contributed by atoms with Crippen LogP contribution >= 0.6 is 0 Å². The monoisotopic (exact) mass is 384 g/mol. The molecule has 3 fully saturated rings. The zero-order valence-electron chi connectivity index (χ0n) is 17.2. The molecule has 1 aromatic rings. The molecule has 1 heterocycles. The van der Waals surface area contributed by atoms with Gasteiger partial charge in [0.05, 0.1) is 13.0 Å². The highest BCUT2D eigenvalue weighted by Crippen LogP contribution is 2.54. The first kappa shape index (κ1) is 19.3. The maximum absolute atomic E-state index is 13.0. The molecule has 0 aromatic heterocycles. The molecule has 1 N–H and O–H groups in total. The van der Waals surface area contributed by atoms with Gasteiger partial charge in [-0.2, -0.15) is 0 Å². The van der Waals surface area contributed by atoms with Crippen LogP contribution in [0, 0.1) is 17.8 Å². The van der Waals surface area contributed by atoms with E-state index in [1.165, 1.54) is 31.2 Å². The van der Waals surface area contributed by atoms with Crippen molar-refractivity contribution < 1.29 is 14.3 Å². The van der Waals surface area contributed by atoms with Crippen molar-refractivity contribution in [2.45, 2.75) is 64.0 Å². The maximum Gasteiger partial charge on any atom is 0.225 e. The van der Waals surface area contributed by atoms with E-state index in [9.17, 15) is 9.59 Å². The minimum Gasteiger partial charge on any atom is -0.497 e. The zero-order chi connectivity index (χ0) is 19.8. The number of carbonyl (C=O) groups excluding carboxylic acids is 2. The first-order valence-corrected chi connectivity index (χ1v) is 10.7. The summed E-state index contributed by atoms with van der Waals surface area (Å²) in [6, 6.07) is 8.67. The Morgan fingerprint density at radius 3 is 2.43 bits per heavy atom. The van der Waals surface area contributed by atoms with Crippen molar-refractivity contribution in [3.05, 3.63) is 29.8 Å². The summed E-state index contributed by atoms with van der Waals surface area (Å²) in [4.78, 5) is 27.0. The van der Waals surface area contributed by atoms with Crippen LogP contribution in [-0.2, 0) is 9.59 Å². The number of hydrogen-bond acceptors (Lipinski definition) is 3. The Balaban J connectivity index is 1.48. The first-order chi connectivity index (χ1) is 13.5. The summed E-state index contributed by atoms with van der Waals surface area (Å²) in [5, 5.41) is 3.37. The summed E-state index contributed by atoms with van der Waals surface area (Å²) in [5.74, 6) is 2.41. The predicted octanol–water partition coefficient (Wildman–Crippen LogP) is 3.34. The van der Waals surface area contributed by atoms with Crippen molar-refractivity contribution in [2.24, 2.45) is 17.8 Å².